The van der Waals surface area contributed by atoms with Gasteiger partial charge in [-0.15, -0.1) is 0 Å². The van der Waals surface area contributed by atoms with E-state index in [1.54, 1.807) is 0 Å². The Balaban J connectivity index is 1.77. The molecule has 0 aliphatic carbocycles. The van der Waals surface area contributed by atoms with Crippen molar-refractivity contribution in [2.45, 2.75) is 39.1 Å². The molecule has 1 aromatic carbocycles. The minimum Gasteiger partial charge on any atom is -0.503 e. The minimum absolute atomic E-state index is 0.0226. The number of aliphatic hydroxyl groups is 1. The summed E-state index contributed by atoms with van der Waals surface area (Å²) in [6, 6.07) is 5.44. The van der Waals surface area contributed by atoms with Crippen LogP contribution < -0.4 is 10.7 Å². The second-order valence-electron chi connectivity index (χ2n) is 7.79. The van der Waals surface area contributed by atoms with E-state index >= 15 is 0 Å². The largest absolute Gasteiger partial charge is 0.503 e. The molecular weight excluding hydrogens is 421 g/mol. The maximum Gasteiger partial charge on any atom is 0.274 e. The highest BCUT2D eigenvalue weighted by Crippen LogP contribution is 2.25. The third-order valence-electron chi connectivity index (χ3n) is 5.04. The van der Waals surface area contributed by atoms with Crippen LogP contribution >= 0.6 is 0 Å². The van der Waals surface area contributed by atoms with Gasteiger partial charge in [-0.3, -0.25) is 14.4 Å². The van der Waals surface area contributed by atoms with Gasteiger partial charge in [0.25, 0.3) is 11.8 Å². The van der Waals surface area contributed by atoms with Crippen molar-refractivity contribution < 1.29 is 28.9 Å². The molecule has 0 spiro atoms. The third-order valence-corrected chi connectivity index (χ3v) is 5.04. The summed E-state index contributed by atoms with van der Waals surface area (Å²) in [7, 11) is 0. The number of halogens is 1. The van der Waals surface area contributed by atoms with Crippen LogP contribution in [0.3, 0.4) is 0 Å². The Morgan fingerprint density at radius 2 is 1.97 bits per heavy atom. The first-order chi connectivity index (χ1) is 15.2. The summed E-state index contributed by atoms with van der Waals surface area (Å²) in [6.07, 6.45) is 0.391. The molecule has 0 saturated heterocycles. The van der Waals surface area contributed by atoms with Gasteiger partial charge in [0.1, 0.15) is 17.6 Å². The van der Waals surface area contributed by atoms with E-state index in [0.717, 1.165) is 10.8 Å². The summed E-state index contributed by atoms with van der Waals surface area (Å²) < 4.78 is 19.5. The second-order valence-corrected chi connectivity index (χ2v) is 7.79. The summed E-state index contributed by atoms with van der Waals surface area (Å²) in [4.78, 5) is 39.2. The molecule has 172 valence electrons. The molecule has 0 fully saturated rings. The normalized spacial score (nSPS) is 15.7. The highest BCUT2D eigenvalue weighted by atomic mass is 19.1. The monoisotopic (exact) mass is 447 g/mol. The maximum atomic E-state index is 13.0. The van der Waals surface area contributed by atoms with Gasteiger partial charge < -0.3 is 29.7 Å². The fraction of sp³-hybridized carbons (Fsp3) is 0.409. The number of rotatable bonds is 8. The Morgan fingerprint density at radius 1 is 1.28 bits per heavy atom. The van der Waals surface area contributed by atoms with Crippen molar-refractivity contribution in [1.29, 1.82) is 0 Å². The van der Waals surface area contributed by atoms with Crippen LogP contribution in [0.15, 0.2) is 35.3 Å². The number of hydrogen-bond donors (Lipinski definition) is 3. The van der Waals surface area contributed by atoms with Crippen molar-refractivity contribution in [1.82, 2.24) is 14.8 Å². The van der Waals surface area contributed by atoms with Crippen LogP contribution in [0.1, 0.15) is 52.9 Å². The number of benzene rings is 1. The molecule has 1 aromatic heterocycles. The number of aliphatic hydroxyl groups excluding tert-OH is 1. The summed E-state index contributed by atoms with van der Waals surface area (Å²) in [5.41, 5.74) is -1.19. The lowest BCUT2D eigenvalue weighted by Gasteiger charge is -2.34. The van der Waals surface area contributed by atoms with Crippen LogP contribution in [0.2, 0.25) is 0 Å². The average Bonchev–Trinajstić information content (AvgIpc) is 2.75. The molecule has 2 aromatic rings. The zero-order valence-electron chi connectivity index (χ0n) is 17.9. The van der Waals surface area contributed by atoms with Crippen molar-refractivity contribution >= 4 is 11.8 Å². The Kier molecular flexibility index (Phi) is 7.26. The zero-order chi connectivity index (χ0) is 23.4. The first kappa shape index (κ1) is 23.4. The Hall–Kier alpha value is -3.24. The molecule has 1 aliphatic heterocycles. The van der Waals surface area contributed by atoms with Crippen LogP contribution in [0.5, 0.6) is 5.75 Å². The van der Waals surface area contributed by atoms with Crippen molar-refractivity contribution in [3.8, 4) is 5.75 Å². The van der Waals surface area contributed by atoms with E-state index in [1.807, 2.05) is 13.8 Å². The molecule has 32 heavy (non-hydrogen) atoms. The molecule has 0 saturated carbocycles. The Bertz CT molecular complexity index is 1050. The minimum atomic E-state index is -1.25. The van der Waals surface area contributed by atoms with E-state index in [1.165, 1.54) is 29.2 Å². The third kappa shape index (κ3) is 5.14. The van der Waals surface area contributed by atoms with E-state index in [9.17, 15) is 29.0 Å². The van der Waals surface area contributed by atoms with Crippen LogP contribution in [0.25, 0.3) is 0 Å². The molecule has 10 heteroatoms. The number of nitrogens with one attached hydrogen (secondary N) is 1. The molecule has 3 N–H and O–H groups in total. The highest BCUT2D eigenvalue weighted by Gasteiger charge is 2.34. The fourth-order valence-electron chi connectivity index (χ4n) is 3.39. The Morgan fingerprint density at radius 3 is 2.62 bits per heavy atom. The van der Waals surface area contributed by atoms with E-state index in [2.05, 4.69) is 5.32 Å². The smallest absolute Gasteiger partial charge is 0.274 e. The summed E-state index contributed by atoms with van der Waals surface area (Å²) in [5.74, 6) is -2.73. The molecule has 0 radical (unpaired) electrons. The molecule has 0 bridgehead atoms. The topological polar surface area (TPSA) is 121 Å². The number of aromatic hydroxyl groups is 1. The number of hydrogen-bond acceptors (Lipinski definition) is 6. The van der Waals surface area contributed by atoms with Crippen LogP contribution in [-0.4, -0.2) is 57.3 Å². The van der Waals surface area contributed by atoms with Gasteiger partial charge in [0.05, 0.1) is 12.6 Å². The first-order valence-corrected chi connectivity index (χ1v) is 10.3. The standard InChI is InChI=1S/C22H26FN3O6/c1-13(2)32-9-3-8-25-12-17(27)26-11-16(19(28)20(29)18(26)22(25)31)21(30)24-10-14-4-6-15(23)7-5-14/h4-7,11,13,17,27,29H,3,8-10,12H2,1-2H3,(H,24,30). The van der Waals surface area contributed by atoms with Crippen molar-refractivity contribution in [3.05, 3.63) is 63.3 Å². The number of carbonyl (C=O) groups excluding carboxylic acids is 2. The van der Waals surface area contributed by atoms with Gasteiger partial charge in [0.2, 0.25) is 5.43 Å². The molecule has 3 rings (SSSR count). The molecule has 2 heterocycles. The van der Waals surface area contributed by atoms with Gasteiger partial charge >= 0.3 is 0 Å². The summed E-state index contributed by atoms with van der Waals surface area (Å²) >= 11 is 0. The van der Waals surface area contributed by atoms with Gasteiger partial charge in [-0.05, 0) is 38.0 Å². The zero-order valence-corrected chi connectivity index (χ0v) is 17.9. The number of nitrogens with zero attached hydrogens (tertiary/aromatic N) is 2. The molecule has 1 atom stereocenters. The first-order valence-electron chi connectivity index (χ1n) is 10.3. The summed E-state index contributed by atoms with van der Waals surface area (Å²) in [5, 5.41) is 23.4. The molecule has 2 amide bonds. The van der Waals surface area contributed by atoms with Crippen LogP contribution in [0, 0.1) is 5.82 Å². The molecule has 1 aliphatic rings. The lowest BCUT2D eigenvalue weighted by atomic mass is 10.1. The lowest BCUT2D eigenvalue weighted by Crippen LogP contribution is -2.45. The predicted octanol–water partition coefficient (Wildman–Crippen LogP) is 1.38. The average molecular weight is 447 g/mol. The van der Waals surface area contributed by atoms with Crippen molar-refractivity contribution in [3.63, 3.8) is 0 Å². The number of β-amino-alcohol motifs (C(OH)–C–C–N with tert-alkyl or cyclic N) is 1. The number of ether oxygens (including phenoxy) is 1. The summed E-state index contributed by atoms with van der Waals surface area (Å²) in [6.45, 7) is 4.44. The molecule has 9 nitrogen and oxygen atoms in total. The highest BCUT2D eigenvalue weighted by molar-refractivity contribution is 5.99. The van der Waals surface area contributed by atoms with Crippen LogP contribution in [0.4, 0.5) is 4.39 Å². The number of aromatic nitrogens is 1. The van der Waals surface area contributed by atoms with Gasteiger partial charge in [0.15, 0.2) is 11.4 Å². The van der Waals surface area contributed by atoms with Gasteiger partial charge in [0, 0.05) is 25.9 Å². The number of fused-ring (bicyclic) bond motifs is 1. The van der Waals surface area contributed by atoms with E-state index in [4.69, 9.17) is 4.74 Å². The van der Waals surface area contributed by atoms with E-state index in [-0.39, 0.29) is 31.4 Å². The number of pyridine rings is 1. The number of carbonyl (C=O) groups is 2. The maximum absolute atomic E-state index is 13.0. The van der Waals surface area contributed by atoms with Gasteiger partial charge in [-0.1, -0.05) is 12.1 Å². The van der Waals surface area contributed by atoms with Crippen molar-refractivity contribution in [2.24, 2.45) is 0 Å². The van der Waals surface area contributed by atoms with E-state index < -0.39 is 40.6 Å². The quantitative estimate of drug-likeness (QED) is 0.526. The molecule has 1 unspecified atom stereocenters. The predicted molar refractivity (Wildman–Crippen MR) is 113 cm³/mol. The number of amides is 2. The van der Waals surface area contributed by atoms with Gasteiger partial charge in [-0.2, -0.15) is 0 Å². The van der Waals surface area contributed by atoms with E-state index in [0.29, 0.717) is 18.6 Å². The van der Waals surface area contributed by atoms with Gasteiger partial charge in [-0.25, -0.2) is 4.39 Å². The lowest BCUT2D eigenvalue weighted by molar-refractivity contribution is 0.0189. The molecular formula is C22H26FN3O6. The second kappa shape index (κ2) is 9.92. The SMILES string of the molecule is CC(C)OCCCN1CC(O)n2cc(C(=O)NCc3ccc(F)cc3)c(=O)c(O)c2C1=O. The van der Waals surface area contributed by atoms with Crippen molar-refractivity contribution in [2.75, 3.05) is 19.7 Å². The van der Waals surface area contributed by atoms with Crippen LogP contribution in [-0.2, 0) is 11.3 Å². The Labute approximate surface area is 184 Å². The fourth-order valence-corrected chi connectivity index (χ4v) is 3.39.